The first-order valence-corrected chi connectivity index (χ1v) is 7.83. The van der Waals surface area contributed by atoms with Gasteiger partial charge in [-0.1, -0.05) is 0 Å². The lowest BCUT2D eigenvalue weighted by Gasteiger charge is -2.42. The van der Waals surface area contributed by atoms with Crippen molar-refractivity contribution in [1.82, 2.24) is 4.90 Å². The average molecular weight is 322 g/mol. The zero-order chi connectivity index (χ0) is 17.0. The molecule has 1 aliphatic heterocycles. The Morgan fingerprint density at radius 3 is 2.43 bits per heavy atom. The van der Waals surface area contributed by atoms with Crippen LogP contribution in [0.1, 0.15) is 20.8 Å². The summed E-state index contributed by atoms with van der Waals surface area (Å²) in [6.45, 7) is 7.18. The Balaban J connectivity index is 2.05. The van der Waals surface area contributed by atoms with E-state index in [0.29, 0.717) is 19.6 Å². The van der Waals surface area contributed by atoms with Crippen LogP contribution in [-0.2, 0) is 4.74 Å². The molecule has 0 aromatic heterocycles. The number of aliphatic hydroxyl groups is 1. The number of aliphatic hydroxyl groups excluding tert-OH is 1. The molecule has 1 saturated heterocycles. The van der Waals surface area contributed by atoms with Crippen LogP contribution in [0.5, 0.6) is 5.75 Å². The molecule has 0 saturated carbocycles. The number of hydrogen-bond acceptors (Lipinski definition) is 5. The molecule has 6 heteroatoms. The standard InChI is InChI=1S/C17H26N2O4/c1-17(2,3)23-16(21)18-9-10-19(14(11-18)12-20)13-5-7-15(22-4)8-6-13/h5-8,14,20H,9-12H2,1-4H3. The summed E-state index contributed by atoms with van der Waals surface area (Å²) in [7, 11) is 1.63. The maximum atomic E-state index is 12.2. The Hall–Kier alpha value is -1.95. The van der Waals surface area contributed by atoms with Crippen molar-refractivity contribution in [2.24, 2.45) is 0 Å². The number of amides is 1. The number of carbonyl (C=O) groups excluding carboxylic acids is 1. The van der Waals surface area contributed by atoms with Crippen molar-refractivity contribution in [3.63, 3.8) is 0 Å². The van der Waals surface area contributed by atoms with Gasteiger partial charge in [0.2, 0.25) is 0 Å². The normalized spacial score (nSPS) is 18.7. The zero-order valence-corrected chi connectivity index (χ0v) is 14.3. The highest BCUT2D eigenvalue weighted by atomic mass is 16.6. The van der Waals surface area contributed by atoms with Gasteiger partial charge in [0.1, 0.15) is 11.4 Å². The molecule has 1 aliphatic rings. The van der Waals surface area contributed by atoms with Gasteiger partial charge in [-0.2, -0.15) is 0 Å². The van der Waals surface area contributed by atoms with E-state index in [0.717, 1.165) is 11.4 Å². The number of hydrogen-bond donors (Lipinski definition) is 1. The van der Waals surface area contributed by atoms with E-state index in [4.69, 9.17) is 9.47 Å². The minimum absolute atomic E-state index is 0.0225. The van der Waals surface area contributed by atoms with Crippen LogP contribution >= 0.6 is 0 Å². The summed E-state index contributed by atoms with van der Waals surface area (Å²) in [6.07, 6.45) is -0.328. The van der Waals surface area contributed by atoms with Gasteiger partial charge < -0.3 is 24.4 Å². The van der Waals surface area contributed by atoms with Crippen molar-refractivity contribution in [2.75, 3.05) is 38.3 Å². The quantitative estimate of drug-likeness (QED) is 0.923. The summed E-state index contributed by atoms with van der Waals surface area (Å²) in [6, 6.07) is 7.56. The summed E-state index contributed by atoms with van der Waals surface area (Å²) in [5.41, 5.74) is 0.493. The van der Waals surface area contributed by atoms with Crippen LogP contribution in [0.4, 0.5) is 10.5 Å². The molecule has 1 amide bonds. The molecule has 6 nitrogen and oxygen atoms in total. The summed E-state index contributed by atoms with van der Waals surface area (Å²) >= 11 is 0. The molecule has 128 valence electrons. The molecule has 1 atom stereocenters. The molecule has 1 N–H and O–H groups in total. The summed E-state index contributed by atoms with van der Waals surface area (Å²) in [5, 5.41) is 9.71. The summed E-state index contributed by atoms with van der Waals surface area (Å²) in [5.74, 6) is 0.793. The van der Waals surface area contributed by atoms with E-state index in [1.165, 1.54) is 0 Å². The van der Waals surface area contributed by atoms with E-state index in [1.807, 2.05) is 45.0 Å². The maximum absolute atomic E-state index is 12.2. The minimum atomic E-state index is -0.515. The van der Waals surface area contributed by atoms with E-state index in [9.17, 15) is 9.90 Å². The van der Waals surface area contributed by atoms with Crippen LogP contribution in [-0.4, -0.2) is 61.1 Å². The fraction of sp³-hybridized carbons (Fsp3) is 0.588. The molecule has 1 aromatic rings. The minimum Gasteiger partial charge on any atom is -0.497 e. The average Bonchev–Trinajstić information content (AvgIpc) is 2.52. The van der Waals surface area contributed by atoms with Crippen molar-refractivity contribution in [3.05, 3.63) is 24.3 Å². The molecule has 1 aromatic carbocycles. The Kier molecular flexibility index (Phi) is 5.36. The molecule has 2 rings (SSSR count). The Labute approximate surface area is 137 Å². The van der Waals surface area contributed by atoms with E-state index < -0.39 is 5.60 Å². The highest BCUT2D eigenvalue weighted by Gasteiger charge is 2.31. The summed E-state index contributed by atoms with van der Waals surface area (Å²) < 4.78 is 10.6. The van der Waals surface area contributed by atoms with Crippen molar-refractivity contribution in [3.8, 4) is 5.75 Å². The summed E-state index contributed by atoms with van der Waals surface area (Å²) in [4.78, 5) is 16.0. The third-order valence-corrected chi connectivity index (χ3v) is 3.75. The first-order valence-electron chi connectivity index (χ1n) is 7.83. The van der Waals surface area contributed by atoms with E-state index >= 15 is 0 Å². The van der Waals surface area contributed by atoms with Gasteiger partial charge in [-0.15, -0.1) is 0 Å². The molecule has 0 radical (unpaired) electrons. The van der Waals surface area contributed by atoms with Gasteiger partial charge in [0.15, 0.2) is 0 Å². The van der Waals surface area contributed by atoms with Crippen molar-refractivity contribution >= 4 is 11.8 Å². The second kappa shape index (κ2) is 7.08. The predicted molar refractivity (Wildman–Crippen MR) is 89.0 cm³/mol. The number of methoxy groups -OCH3 is 1. The molecular formula is C17H26N2O4. The molecular weight excluding hydrogens is 296 g/mol. The predicted octanol–water partition coefficient (Wildman–Crippen LogP) is 2.11. The van der Waals surface area contributed by atoms with Gasteiger partial charge in [0, 0.05) is 25.3 Å². The van der Waals surface area contributed by atoms with Crippen molar-refractivity contribution in [1.29, 1.82) is 0 Å². The van der Waals surface area contributed by atoms with Gasteiger partial charge in [-0.05, 0) is 45.0 Å². The Morgan fingerprint density at radius 2 is 1.91 bits per heavy atom. The van der Waals surface area contributed by atoms with E-state index in [2.05, 4.69) is 4.90 Å². The number of benzene rings is 1. The monoisotopic (exact) mass is 322 g/mol. The first-order chi connectivity index (χ1) is 10.8. The molecule has 0 spiro atoms. The zero-order valence-electron chi connectivity index (χ0n) is 14.3. The molecule has 0 bridgehead atoms. The van der Waals surface area contributed by atoms with Gasteiger partial charge in [0.05, 0.1) is 19.8 Å². The van der Waals surface area contributed by atoms with E-state index in [-0.39, 0.29) is 18.7 Å². The van der Waals surface area contributed by atoms with Gasteiger partial charge in [-0.25, -0.2) is 4.79 Å². The number of piperazine rings is 1. The molecule has 1 heterocycles. The van der Waals surface area contributed by atoms with Crippen LogP contribution in [0, 0.1) is 0 Å². The third-order valence-electron chi connectivity index (χ3n) is 3.75. The maximum Gasteiger partial charge on any atom is 0.410 e. The fourth-order valence-electron chi connectivity index (χ4n) is 2.62. The van der Waals surface area contributed by atoms with Crippen LogP contribution in [0.15, 0.2) is 24.3 Å². The second-order valence-electron chi connectivity index (χ2n) is 6.65. The Bertz CT molecular complexity index is 524. The largest absolute Gasteiger partial charge is 0.497 e. The fourth-order valence-corrected chi connectivity index (χ4v) is 2.62. The first kappa shape index (κ1) is 17.4. The molecule has 0 aliphatic carbocycles. The van der Waals surface area contributed by atoms with Gasteiger partial charge in [-0.3, -0.25) is 0 Å². The highest BCUT2D eigenvalue weighted by molar-refractivity contribution is 5.69. The number of anilines is 1. The number of rotatable bonds is 3. The Morgan fingerprint density at radius 1 is 1.26 bits per heavy atom. The van der Waals surface area contributed by atoms with Crippen LogP contribution < -0.4 is 9.64 Å². The smallest absolute Gasteiger partial charge is 0.410 e. The van der Waals surface area contributed by atoms with Crippen LogP contribution in [0.25, 0.3) is 0 Å². The van der Waals surface area contributed by atoms with Crippen LogP contribution in [0.3, 0.4) is 0 Å². The van der Waals surface area contributed by atoms with Crippen molar-refractivity contribution in [2.45, 2.75) is 32.4 Å². The lowest BCUT2D eigenvalue weighted by molar-refractivity contribution is 0.0197. The molecule has 1 fully saturated rings. The highest BCUT2D eigenvalue weighted by Crippen LogP contribution is 2.24. The molecule has 23 heavy (non-hydrogen) atoms. The van der Waals surface area contributed by atoms with Crippen LogP contribution in [0.2, 0.25) is 0 Å². The number of carbonyl (C=O) groups is 1. The van der Waals surface area contributed by atoms with Gasteiger partial charge >= 0.3 is 6.09 Å². The lowest BCUT2D eigenvalue weighted by atomic mass is 10.1. The SMILES string of the molecule is COc1ccc(N2CCN(C(=O)OC(C)(C)C)CC2CO)cc1. The number of nitrogens with zero attached hydrogens (tertiary/aromatic N) is 2. The van der Waals surface area contributed by atoms with Gasteiger partial charge in [0.25, 0.3) is 0 Å². The van der Waals surface area contributed by atoms with E-state index in [1.54, 1.807) is 12.0 Å². The van der Waals surface area contributed by atoms with Crippen molar-refractivity contribution < 1.29 is 19.4 Å². The number of ether oxygens (including phenoxy) is 2. The third kappa shape index (κ3) is 4.51. The topological polar surface area (TPSA) is 62.2 Å². The second-order valence-corrected chi connectivity index (χ2v) is 6.65. The molecule has 1 unspecified atom stereocenters. The lowest BCUT2D eigenvalue weighted by Crippen LogP contribution is -2.57.